The van der Waals surface area contributed by atoms with Crippen LogP contribution in [0.2, 0.25) is 5.02 Å². The molecule has 0 radical (unpaired) electrons. The van der Waals surface area contributed by atoms with Gasteiger partial charge in [0, 0.05) is 10.6 Å². The summed E-state index contributed by atoms with van der Waals surface area (Å²) in [6.07, 6.45) is 1.18. The number of hydrogen-bond acceptors (Lipinski definition) is 3. The van der Waals surface area contributed by atoms with Crippen molar-refractivity contribution in [1.29, 1.82) is 0 Å². The molecule has 150 valence electrons. The Kier molecular flexibility index (Phi) is 6.27. The molecule has 1 saturated heterocycles. The van der Waals surface area contributed by atoms with Crippen LogP contribution in [0.25, 0.3) is 0 Å². The Morgan fingerprint density at radius 1 is 1.07 bits per heavy atom. The Hall–Kier alpha value is -2.09. The monoisotopic (exact) mass is 422 g/mol. The minimum atomic E-state index is -3.48. The molecule has 0 spiro atoms. The van der Waals surface area contributed by atoms with Crippen LogP contribution >= 0.6 is 11.6 Å². The number of anilines is 1. The number of quaternary nitrogens is 1. The van der Waals surface area contributed by atoms with Crippen LogP contribution in [0.4, 0.5) is 5.69 Å². The lowest BCUT2D eigenvalue weighted by Gasteiger charge is -2.30. The maximum atomic E-state index is 12.7. The summed E-state index contributed by atoms with van der Waals surface area (Å²) < 4.78 is 26.0. The van der Waals surface area contributed by atoms with Gasteiger partial charge in [-0.3, -0.25) is 9.10 Å². The quantitative estimate of drug-likeness (QED) is 0.789. The van der Waals surface area contributed by atoms with Gasteiger partial charge in [0.2, 0.25) is 10.0 Å². The normalized spacial score (nSPS) is 15.5. The molecule has 8 heteroatoms. The van der Waals surface area contributed by atoms with E-state index in [2.05, 4.69) is 7.05 Å². The largest absolute Gasteiger partial charge is 0.334 e. The third kappa shape index (κ3) is 5.04. The predicted octanol–water partition coefficient (Wildman–Crippen LogP) is 1.28. The summed E-state index contributed by atoms with van der Waals surface area (Å²) in [5, 5.41) is 0.600. The van der Waals surface area contributed by atoms with Crippen LogP contribution in [-0.4, -0.2) is 58.7 Å². The van der Waals surface area contributed by atoms with E-state index in [0.717, 1.165) is 31.7 Å². The molecule has 1 aliphatic heterocycles. The number of piperazine rings is 1. The highest BCUT2D eigenvalue weighted by molar-refractivity contribution is 7.92. The highest BCUT2D eigenvalue weighted by atomic mass is 35.5. The van der Waals surface area contributed by atoms with Crippen molar-refractivity contribution in [1.82, 2.24) is 4.90 Å². The second kappa shape index (κ2) is 8.51. The maximum Gasteiger partial charge on any atom is 0.254 e. The van der Waals surface area contributed by atoms with Crippen molar-refractivity contribution >= 4 is 33.2 Å². The summed E-state index contributed by atoms with van der Waals surface area (Å²) in [6.45, 7) is 3.54. The van der Waals surface area contributed by atoms with E-state index < -0.39 is 10.0 Å². The fourth-order valence-corrected chi connectivity index (χ4v) is 4.21. The van der Waals surface area contributed by atoms with Crippen LogP contribution in [0.1, 0.15) is 15.9 Å². The number of hydrogen-bond donors (Lipinski definition) is 1. The van der Waals surface area contributed by atoms with E-state index in [1.54, 1.807) is 48.5 Å². The Morgan fingerprint density at radius 2 is 1.64 bits per heavy atom. The number of halogens is 1. The van der Waals surface area contributed by atoms with Crippen molar-refractivity contribution in [2.24, 2.45) is 0 Å². The Labute approximate surface area is 171 Å². The number of rotatable bonds is 5. The number of nitrogens with zero attached hydrogens (tertiary/aromatic N) is 2. The van der Waals surface area contributed by atoms with Crippen molar-refractivity contribution in [3.63, 3.8) is 0 Å². The molecule has 0 unspecified atom stereocenters. The molecule has 1 aliphatic rings. The molecular weight excluding hydrogens is 398 g/mol. The number of amides is 1. The summed E-state index contributed by atoms with van der Waals surface area (Å²) in [5.74, 6) is -0.0114. The van der Waals surface area contributed by atoms with E-state index >= 15 is 0 Å². The van der Waals surface area contributed by atoms with Crippen LogP contribution in [0, 0.1) is 0 Å². The molecule has 1 N–H and O–H groups in total. The zero-order chi connectivity index (χ0) is 20.3. The summed E-state index contributed by atoms with van der Waals surface area (Å²) in [6, 6.07) is 13.8. The number of sulfonamides is 1. The van der Waals surface area contributed by atoms with Crippen molar-refractivity contribution in [2.45, 2.75) is 6.54 Å². The molecule has 2 aromatic rings. The van der Waals surface area contributed by atoms with Gasteiger partial charge in [-0.1, -0.05) is 23.7 Å². The van der Waals surface area contributed by atoms with Gasteiger partial charge in [-0.05, 0) is 42.0 Å². The molecule has 1 amide bonds. The molecular formula is C20H25ClN3O3S+. The number of carbonyl (C=O) groups is 1. The fraction of sp³-hybridized carbons (Fsp3) is 0.350. The number of benzene rings is 2. The molecule has 0 aromatic heterocycles. The van der Waals surface area contributed by atoms with E-state index in [9.17, 15) is 13.2 Å². The second-order valence-electron chi connectivity index (χ2n) is 7.19. The summed E-state index contributed by atoms with van der Waals surface area (Å²) in [4.78, 5) is 16.0. The van der Waals surface area contributed by atoms with E-state index in [1.807, 2.05) is 4.90 Å². The first-order valence-electron chi connectivity index (χ1n) is 9.17. The molecule has 6 nitrogen and oxygen atoms in total. The van der Waals surface area contributed by atoms with Gasteiger partial charge in [-0.2, -0.15) is 0 Å². The van der Waals surface area contributed by atoms with Crippen LogP contribution < -0.4 is 9.21 Å². The minimum Gasteiger partial charge on any atom is -0.334 e. The van der Waals surface area contributed by atoms with Gasteiger partial charge in [0.1, 0.15) is 0 Å². The average Bonchev–Trinajstić information content (AvgIpc) is 2.67. The van der Waals surface area contributed by atoms with Crippen molar-refractivity contribution in [3.05, 3.63) is 64.7 Å². The topological polar surface area (TPSA) is 62.1 Å². The molecule has 1 heterocycles. The smallest absolute Gasteiger partial charge is 0.254 e. The molecule has 2 aromatic carbocycles. The highest BCUT2D eigenvalue weighted by Crippen LogP contribution is 2.22. The Balaban J connectivity index is 1.78. The van der Waals surface area contributed by atoms with Crippen molar-refractivity contribution in [2.75, 3.05) is 43.8 Å². The van der Waals surface area contributed by atoms with Gasteiger partial charge in [0.05, 0.1) is 51.7 Å². The first-order valence-corrected chi connectivity index (χ1v) is 11.4. The predicted molar refractivity (Wildman–Crippen MR) is 111 cm³/mol. The molecule has 0 bridgehead atoms. The van der Waals surface area contributed by atoms with Crippen LogP contribution in [-0.2, 0) is 16.6 Å². The van der Waals surface area contributed by atoms with E-state index in [1.165, 1.54) is 15.5 Å². The van der Waals surface area contributed by atoms with Gasteiger partial charge in [0.15, 0.2) is 0 Å². The standard InChI is InChI=1S/C20H24ClN3O3S/c1-22-11-13-23(14-12-22)20(25)17-5-9-19(10-6-17)24(28(2,26)27)15-16-3-7-18(21)8-4-16/h3-10H,11-15H2,1-2H3/p+1. The highest BCUT2D eigenvalue weighted by Gasteiger charge is 2.23. The van der Waals surface area contributed by atoms with Crippen molar-refractivity contribution < 1.29 is 18.1 Å². The number of carbonyl (C=O) groups excluding carboxylic acids is 1. The molecule has 0 saturated carbocycles. The molecule has 3 rings (SSSR count). The van der Waals surface area contributed by atoms with Gasteiger partial charge in [0.25, 0.3) is 5.91 Å². The molecule has 28 heavy (non-hydrogen) atoms. The lowest BCUT2D eigenvalue weighted by molar-refractivity contribution is -0.883. The van der Waals surface area contributed by atoms with E-state index in [0.29, 0.717) is 16.3 Å². The summed E-state index contributed by atoms with van der Waals surface area (Å²) in [5.41, 5.74) is 1.93. The molecule has 1 fully saturated rings. The first-order chi connectivity index (χ1) is 13.2. The lowest BCUT2D eigenvalue weighted by atomic mass is 10.1. The molecule has 0 atom stereocenters. The fourth-order valence-electron chi connectivity index (χ4n) is 3.20. The van der Waals surface area contributed by atoms with E-state index in [-0.39, 0.29) is 12.5 Å². The van der Waals surface area contributed by atoms with Crippen molar-refractivity contribution in [3.8, 4) is 0 Å². The number of nitrogens with one attached hydrogen (secondary N) is 1. The summed E-state index contributed by atoms with van der Waals surface area (Å²) in [7, 11) is -1.36. The zero-order valence-electron chi connectivity index (χ0n) is 16.1. The van der Waals surface area contributed by atoms with Crippen LogP contribution in [0.3, 0.4) is 0 Å². The molecule has 0 aliphatic carbocycles. The van der Waals surface area contributed by atoms with Gasteiger partial charge in [-0.25, -0.2) is 8.42 Å². The van der Waals surface area contributed by atoms with Gasteiger partial charge < -0.3 is 9.80 Å². The first kappa shape index (κ1) is 20.6. The second-order valence-corrected chi connectivity index (χ2v) is 9.54. The average molecular weight is 423 g/mol. The minimum absolute atomic E-state index is 0.0114. The summed E-state index contributed by atoms with van der Waals surface area (Å²) >= 11 is 5.91. The number of likely N-dealkylation sites (N-methyl/N-ethyl adjacent to an activating group) is 1. The van der Waals surface area contributed by atoms with Crippen LogP contribution in [0.15, 0.2) is 48.5 Å². The van der Waals surface area contributed by atoms with Gasteiger partial charge >= 0.3 is 0 Å². The SMILES string of the molecule is C[NH+]1CCN(C(=O)c2ccc(N(Cc3ccc(Cl)cc3)S(C)(=O)=O)cc2)CC1. The Morgan fingerprint density at radius 3 is 2.18 bits per heavy atom. The van der Waals surface area contributed by atoms with Crippen LogP contribution in [0.5, 0.6) is 0 Å². The third-order valence-electron chi connectivity index (χ3n) is 4.95. The lowest BCUT2D eigenvalue weighted by Crippen LogP contribution is -3.12. The Bertz CT molecular complexity index is 922. The maximum absolute atomic E-state index is 12.7. The van der Waals surface area contributed by atoms with E-state index in [4.69, 9.17) is 11.6 Å². The zero-order valence-corrected chi connectivity index (χ0v) is 17.6. The van der Waals surface area contributed by atoms with Gasteiger partial charge in [-0.15, -0.1) is 0 Å². The third-order valence-corrected chi connectivity index (χ3v) is 6.34.